The molecule has 0 saturated heterocycles. The molecular formula is C10H7N5O. The van der Waals surface area contributed by atoms with Gasteiger partial charge in [-0.05, 0) is 17.0 Å². The number of aromatic nitrogens is 2. The highest BCUT2D eigenvalue weighted by Crippen LogP contribution is 2.13. The monoisotopic (exact) mass is 213 g/mol. The van der Waals surface area contributed by atoms with E-state index in [0.29, 0.717) is 0 Å². The summed E-state index contributed by atoms with van der Waals surface area (Å²) < 4.78 is 1.53. The fraction of sp³-hybridized carbons (Fsp3) is 0. The molecule has 78 valence electrons. The van der Waals surface area contributed by atoms with Gasteiger partial charge in [0.15, 0.2) is 0 Å². The Bertz CT molecular complexity index is 552. The highest BCUT2D eigenvalue weighted by molar-refractivity contribution is 5.33. The van der Waals surface area contributed by atoms with E-state index in [9.17, 15) is 5.21 Å². The third-order valence-corrected chi connectivity index (χ3v) is 1.95. The molecule has 6 heteroatoms. The van der Waals surface area contributed by atoms with Crippen LogP contribution in [0.15, 0.2) is 47.8 Å². The first-order valence-electron chi connectivity index (χ1n) is 4.48. The molecule has 1 aromatic carbocycles. The molecule has 1 aromatic heterocycles. The third-order valence-electron chi connectivity index (χ3n) is 1.95. The Morgan fingerprint density at radius 2 is 2.12 bits per heavy atom. The van der Waals surface area contributed by atoms with Gasteiger partial charge in [0.25, 0.3) is 11.9 Å². The summed E-state index contributed by atoms with van der Waals surface area (Å²) in [7, 11) is 0. The smallest absolute Gasteiger partial charge is 0.283 e. The van der Waals surface area contributed by atoms with Crippen molar-refractivity contribution in [2.75, 3.05) is 0 Å². The van der Waals surface area contributed by atoms with Crippen molar-refractivity contribution in [1.29, 1.82) is 5.26 Å². The lowest BCUT2D eigenvalue weighted by atomic mass is 10.3. The molecule has 6 nitrogen and oxygen atoms in total. The minimum absolute atomic E-state index is 0.213. The zero-order valence-corrected chi connectivity index (χ0v) is 8.19. The minimum Gasteiger partial charge on any atom is -0.593 e. The van der Waals surface area contributed by atoms with Crippen LogP contribution in [0, 0.1) is 16.7 Å². The van der Waals surface area contributed by atoms with E-state index in [2.05, 4.69) is 10.2 Å². The average Bonchev–Trinajstić information content (AvgIpc) is 2.80. The molecule has 0 saturated carbocycles. The Balaban J connectivity index is 2.35. The minimum atomic E-state index is 0.213. The fourth-order valence-corrected chi connectivity index (χ4v) is 1.23. The number of para-hydroxylation sites is 1. The number of nitriles is 1. The fourth-order valence-electron chi connectivity index (χ4n) is 1.23. The van der Waals surface area contributed by atoms with E-state index in [4.69, 9.17) is 5.26 Å². The molecule has 2 rings (SSSR count). The molecule has 16 heavy (non-hydrogen) atoms. The SMILES string of the molecule is N#CN=[N+]([O-])c1cnn(-c2ccccc2)c1. The van der Waals surface area contributed by atoms with E-state index in [-0.39, 0.29) is 10.5 Å². The normalized spacial score (nSPS) is 11.1. The summed E-state index contributed by atoms with van der Waals surface area (Å²) in [6, 6.07) is 9.33. The maximum absolute atomic E-state index is 11.2. The maximum atomic E-state index is 11.2. The molecule has 0 fully saturated rings. The zero-order chi connectivity index (χ0) is 11.4. The lowest BCUT2D eigenvalue weighted by molar-refractivity contribution is -0.435. The molecule has 0 radical (unpaired) electrons. The van der Waals surface area contributed by atoms with Crippen molar-refractivity contribution in [3.8, 4) is 11.9 Å². The molecule has 2 aromatic rings. The van der Waals surface area contributed by atoms with E-state index >= 15 is 0 Å². The molecule has 0 aliphatic heterocycles. The summed E-state index contributed by atoms with van der Waals surface area (Å²) in [5.41, 5.74) is 1.05. The first-order chi connectivity index (χ1) is 7.81. The van der Waals surface area contributed by atoms with Gasteiger partial charge < -0.3 is 5.21 Å². The van der Waals surface area contributed by atoms with Crippen LogP contribution in [0.3, 0.4) is 0 Å². The molecular weight excluding hydrogens is 206 g/mol. The largest absolute Gasteiger partial charge is 0.593 e. The van der Waals surface area contributed by atoms with Crippen molar-refractivity contribution >= 4 is 5.69 Å². The van der Waals surface area contributed by atoms with Gasteiger partial charge >= 0.3 is 0 Å². The highest BCUT2D eigenvalue weighted by Gasteiger charge is 2.08. The number of benzene rings is 1. The van der Waals surface area contributed by atoms with Gasteiger partial charge in [-0.15, -0.1) is 0 Å². The van der Waals surface area contributed by atoms with Gasteiger partial charge in [0.05, 0.1) is 10.8 Å². The van der Waals surface area contributed by atoms with Gasteiger partial charge in [-0.3, -0.25) is 0 Å². The second-order valence-corrected chi connectivity index (χ2v) is 2.95. The second kappa shape index (κ2) is 4.23. The third kappa shape index (κ3) is 1.88. The van der Waals surface area contributed by atoms with E-state index in [1.807, 2.05) is 30.3 Å². The second-order valence-electron chi connectivity index (χ2n) is 2.95. The number of rotatable bonds is 2. The topological polar surface area (TPSA) is 80.0 Å². The molecule has 0 aliphatic rings. The summed E-state index contributed by atoms with van der Waals surface area (Å²) in [5.74, 6) is 0. The molecule has 0 amide bonds. The lowest BCUT2D eigenvalue weighted by Gasteiger charge is -1.97. The quantitative estimate of drug-likeness (QED) is 0.331. The maximum Gasteiger partial charge on any atom is 0.283 e. The Morgan fingerprint density at radius 3 is 2.81 bits per heavy atom. The Morgan fingerprint density at radius 1 is 1.38 bits per heavy atom. The number of hydrogen-bond acceptors (Lipinski definition) is 4. The van der Waals surface area contributed by atoms with Gasteiger partial charge in [0.2, 0.25) is 0 Å². The molecule has 0 atom stereocenters. The van der Waals surface area contributed by atoms with Crippen LogP contribution in [0.5, 0.6) is 0 Å². The molecule has 1 heterocycles. The van der Waals surface area contributed by atoms with Crippen molar-refractivity contribution in [1.82, 2.24) is 9.78 Å². The molecule has 0 aliphatic carbocycles. The molecule has 0 unspecified atom stereocenters. The zero-order valence-electron chi connectivity index (χ0n) is 8.19. The van der Waals surface area contributed by atoms with E-state index in [0.717, 1.165) is 5.69 Å². The van der Waals surface area contributed by atoms with Crippen molar-refractivity contribution in [3.05, 3.63) is 47.9 Å². The summed E-state index contributed by atoms with van der Waals surface area (Å²) >= 11 is 0. The molecule has 0 N–H and O–H groups in total. The van der Waals surface area contributed by atoms with Crippen LogP contribution in [0.2, 0.25) is 0 Å². The number of nitrogens with zero attached hydrogens (tertiary/aromatic N) is 5. The van der Waals surface area contributed by atoms with E-state index in [1.54, 1.807) is 0 Å². The van der Waals surface area contributed by atoms with Crippen molar-refractivity contribution in [3.63, 3.8) is 0 Å². The van der Waals surface area contributed by atoms with Crippen LogP contribution in [0.4, 0.5) is 5.69 Å². The summed E-state index contributed by atoms with van der Waals surface area (Å²) in [6.45, 7) is 0. The molecule has 0 bridgehead atoms. The van der Waals surface area contributed by atoms with Gasteiger partial charge in [0, 0.05) is 0 Å². The van der Waals surface area contributed by atoms with Crippen LogP contribution in [-0.2, 0) is 0 Å². The van der Waals surface area contributed by atoms with Crippen LogP contribution in [0.1, 0.15) is 0 Å². The number of azo groups is 1. The predicted molar refractivity (Wildman–Crippen MR) is 54.9 cm³/mol. The Kier molecular flexibility index (Phi) is 2.61. The Hall–Kier alpha value is -2.68. The summed E-state index contributed by atoms with van der Waals surface area (Å²) in [4.78, 5) is 0.229. The van der Waals surface area contributed by atoms with Gasteiger partial charge in [0.1, 0.15) is 12.4 Å². The first-order valence-corrected chi connectivity index (χ1v) is 4.48. The van der Waals surface area contributed by atoms with Crippen LogP contribution >= 0.6 is 0 Å². The van der Waals surface area contributed by atoms with Crippen molar-refractivity contribution in [2.24, 2.45) is 5.11 Å². The van der Waals surface area contributed by atoms with Crippen molar-refractivity contribution in [2.45, 2.75) is 0 Å². The van der Waals surface area contributed by atoms with Crippen LogP contribution in [0.25, 0.3) is 5.69 Å². The van der Waals surface area contributed by atoms with Crippen molar-refractivity contribution < 1.29 is 4.86 Å². The van der Waals surface area contributed by atoms with E-state index in [1.165, 1.54) is 23.3 Å². The number of hydrogen-bond donors (Lipinski definition) is 0. The van der Waals surface area contributed by atoms with Gasteiger partial charge in [-0.2, -0.15) is 10.4 Å². The predicted octanol–water partition coefficient (Wildman–Crippen LogP) is 1.95. The highest BCUT2D eigenvalue weighted by atomic mass is 16.5. The lowest BCUT2D eigenvalue weighted by Crippen LogP contribution is -1.93. The summed E-state index contributed by atoms with van der Waals surface area (Å²) in [6.07, 6.45) is 4.27. The van der Waals surface area contributed by atoms with Crippen LogP contribution in [-0.4, -0.2) is 14.6 Å². The van der Waals surface area contributed by atoms with E-state index < -0.39 is 0 Å². The Labute approximate surface area is 91.3 Å². The standard InChI is InChI=1S/C10H7N5O/c11-8-13-15(16)10-6-12-14(7-10)9-4-2-1-3-5-9/h1-7H. The average molecular weight is 213 g/mol. The first kappa shape index (κ1) is 9.86. The summed E-state index contributed by atoms with van der Waals surface area (Å²) in [5, 5.41) is 26.4. The van der Waals surface area contributed by atoms with Crippen LogP contribution < -0.4 is 0 Å². The van der Waals surface area contributed by atoms with Gasteiger partial charge in [-0.25, -0.2) is 4.68 Å². The molecule has 0 spiro atoms. The van der Waals surface area contributed by atoms with Gasteiger partial charge in [-0.1, -0.05) is 18.2 Å².